The molecule has 3 fully saturated rings. The Morgan fingerprint density at radius 1 is 1.09 bits per heavy atom. The Kier molecular flexibility index (Phi) is 11.2. The number of amides is 1. The van der Waals surface area contributed by atoms with Gasteiger partial charge in [0.15, 0.2) is 11.5 Å². The van der Waals surface area contributed by atoms with Crippen LogP contribution in [0, 0.1) is 11.8 Å². The van der Waals surface area contributed by atoms with Crippen molar-refractivity contribution >= 4 is 30.7 Å². The lowest BCUT2D eigenvalue weighted by Crippen LogP contribution is -2.50. The number of piperazine rings is 1. The number of nitrogens with zero attached hydrogens (tertiary/aromatic N) is 3. The van der Waals surface area contributed by atoms with Crippen LogP contribution in [0.25, 0.3) is 0 Å². The van der Waals surface area contributed by atoms with E-state index in [9.17, 15) is 9.90 Å². The standard InChI is InChI=1S/C24H38N4O4.2ClH/c1-17(29)28-9-7-26(8-10-28)15-21(30)16-32-22-6-3-18(11-23(22)31-2)12-27-13-19-4-5-20(14-27)24(19)25;;/h3,6,11,19-21,24,30H,4-5,7-10,12-16,25H2,1-2H3;2*1H/t19-,20+,21?,24?;;. The number of ether oxygens (including phenoxy) is 2. The van der Waals surface area contributed by atoms with Crippen LogP contribution in [-0.2, 0) is 11.3 Å². The average molecular weight is 520 g/mol. The Bertz CT molecular complexity index is 780. The Hall–Kier alpha value is -1.29. The van der Waals surface area contributed by atoms with Gasteiger partial charge in [0.25, 0.3) is 0 Å². The van der Waals surface area contributed by atoms with E-state index in [2.05, 4.69) is 15.9 Å². The van der Waals surface area contributed by atoms with Gasteiger partial charge in [-0.15, -0.1) is 24.8 Å². The van der Waals surface area contributed by atoms with Gasteiger partial charge in [0.1, 0.15) is 12.7 Å². The van der Waals surface area contributed by atoms with Crippen molar-refractivity contribution in [2.24, 2.45) is 17.6 Å². The van der Waals surface area contributed by atoms with Crippen LogP contribution >= 0.6 is 24.8 Å². The molecule has 0 spiro atoms. The summed E-state index contributed by atoms with van der Waals surface area (Å²) in [5, 5.41) is 10.4. The van der Waals surface area contributed by atoms with Crippen LogP contribution in [0.1, 0.15) is 25.3 Å². The summed E-state index contributed by atoms with van der Waals surface area (Å²) in [4.78, 5) is 18.0. The second-order valence-corrected chi connectivity index (χ2v) is 9.63. The Morgan fingerprint density at radius 3 is 2.32 bits per heavy atom. The minimum Gasteiger partial charge on any atom is -0.493 e. The summed E-state index contributed by atoms with van der Waals surface area (Å²) in [6, 6.07) is 6.44. The number of piperidine rings is 1. The van der Waals surface area contributed by atoms with Gasteiger partial charge in [-0.2, -0.15) is 0 Å². The Balaban J connectivity index is 0.00000204. The van der Waals surface area contributed by atoms with E-state index >= 15 is 0 Å². The molecule has 2 aliphatic heterocycles. The van der Waals surface area contributed by atoms with Crippen LogP contribution in [-0.4, -0.2) is 97.4 Å². The third kappa shape index (κ3) is 7.12. The number of likely N-dealkylation sites (tertiary alicyclic amines) is 1. The number of hydrogen-bond acceptors (Lipinski definition) is 7. The average Bonchev–Trinajstić information content (AvgIpc) is 2.98. The number of carbonyl (C=O) groups excluding carboxylic acids is 1. The first-order chi connectivity index (χ1) is 15.4. The summed E-state index contributed by atoms with van der Waals surface area (Å²) < 4.78 is 11.5. The van der Waals surface area contributed by atoms with Gasteiger partial charge < -0.3 is 25.2 Å². The molecule has 1 aliphatic carbocycles. The number of benzene rings is 1. The lowest BCUT2D eigenvalue weighted by atomic mass is 9.93. The van der Waals surface area contributed by atoms with E-state index in [4.69, 9.17) is 15.2 Å². The molecule has 3 aliphatic rings. The van der Waals surface area contributed by atoms with Crippen molar-refractivity contribution in [2.45, 2.75) is 38.5 Å². The minimum absolute atomic E-state index is 0. The third-order valence-corrected chi connectivity index (χ3v) is 7.33. The maximum absolute atomic E-state index is 11.4. The molecule has 1 aromatic carbocycles. The summed E-state index contributed by atoms with van der Waals surface area (Å²) in [5.41, 5.74) is 7.54. The first-order valence-corrected chi connectivity index (χ1v) is 11.9. The number of methoxy groups -OCH3 is 1. The van der Waals surface area contributed by atoms with Crippen LogP contribution in [0.3, 0.4) is 0 Å². The third-order valence-electron chi connectivity index (χ3n) is 7.33. The maximum atomic E-state index is 11.4. The molecule has 4 atom stereocenters. The molecule has 8 nitrogen and oxygen atoms in total. The number of aliphatic hydroxyl groups excluding tert-OH is 1. The van der Waals surface area contributed by atoms with Gasteiger partial charge >= 0.3 is 0 Å². The van der Waals surface area contributed by atoms with Crippen LogP contribution < -0.4 is 15.2 Å². The highest BCUT2D eigenvalue weighted by Crippen LogP contribution is 2.36. The molecule has 2 heterocycles. The molecule has 2 bridgehead atoms. The zero-order chi connectivity index (χ0) is 22.7. The summed E-state index contributed by atoms with van der Waals surface area (Å²) >= 11 is 0. The molecule has 0 radical (unpaired) electrons. The molecule has 4 rings (SSSR count). The lowest BCUT2D eigenvalue weighted by Gasteiger charge is -2.36. The van der Waals surface area contributed by atoms with E-state index in [1.165, 1.54) is 18.4 Å². The van der Waals surface area contributed by atoms with E-state index in [1.54, 1.807) is 14.0 Å². The molecule has 10 heteroatoms. The second-order valence-electron chi connectivity index (χ2n) is 9.63. The fourth-order valence-electron chi connectivity index (χ4n) is 5.46. The van der Waals surface area contributed by atoms with Gasteiger partial charge in [0.2, 0.25) is 5.91 Å². The number of nitrogens with two attached hydrogens (primary N) is 1. The molecule has 0 aromatic heterocycles. The largest absolute Gasteiger partial charge is 0.493 e. The fourth-order valence-corrected chi connectivity index (χ4v) is 5.46. The molecule has 34 heavy (non-hydrogen) atoms. The monoisotopic (exact) mass is 518 g/mol. The zero-order valence-corrected chi connectivity index (χ0v) is 21.9. The highest BCUT2D eigenvalue weighted by atomic mass is 35.5. The van der Waals surface area contributed by atoms with E-state index in [1.807, 2.05) is 17.0 Å². The lowest BCUT2D eigenvalue weighted by molar-refractivity contribution is -0.130. The number of rotatable bonds is 8. The molecule has 194 valence electrons. The van der Waals surface area contributed by atoms with Crippen molar-refractivity contribution in [3.63, 3.8) is 0 Å². The van der Waals surface area contributed by atoms with E-state index < -0.39 is 6.10 Å². The van der Waals surface area contributed by atoms with Gasteiger partial charge in [-0.3, -0.25) is 14.6 Å². The van der Waals surface area contributed by atoms with E-state index in [-0.39, 0.29) is 37.3 Å². The molecule has 2 unspecified atom stereocenters. The quantitative estimate of drug-likeness (QED) is 0.540. The smallest absolute Gasteiger partial charge is 0.219 e. The summed E-state index contributed by atoms with van der Waals surface area (Å²) in [5.74, 6) is 2.72. The van der Waals surface area contributed by atoms with Crippen molar-refractivity contribution in [3.05, 3.63) is 23.8 Å². The molecule has 1 aromatic rings. The van der Waals surface area contributed by atoms with Gasteiger partial charge in [-0.05, 0) is 42.4 Å². The van der Waals surface area contributed by atoms with E-state index in [0.717, 1.165) is 32.7 Å². The predicted molar refractivity (Wildman–Crippen MR) is 137 cm³/mol. The SMILES string of the molecule is COc1cc(CN2C[C@H]3CC[C@@H](C2)C3N)ccc1OCC(O)CN1CCN(C(C)=O)CC1.Cl.Cl. The molecular formula is C24H40Cl2N4O4. The van der Waals surface area contributed by atoms with Gasteiger partial charge in [-0.1, -0.05) is 6.07 Å². The Morgan fingerprint density at radius 2 is 1.74 bits per heavy atom. The van der Waals surface area contributed by atoms with Crippen molar-refractivity contribution < 1.29 is 19.4 Å². The second kappa shape index (κ2) is 13.1. The molecule has 2 saturated heterocycles. The number of hydrogen-bond donors (Lipinski definition) is 2. The first-order valence-electron chi connectivity index (χ1n) is 11.9. The zero-order valence-electron chi connectivity index (χ0n) is 20.2. The number of β-amino-alcohol motifs (C(OH)–C–C–N with tert-alkyl or cyclic N) is 1. The van der Waals surface area contributed by atoms with Gasteiger partial charge in [0, 0.05) is 65.3 Å². The Labute approximate surface area is 215 Å². The molecule has 3 N–H and O–H groups in total. The van der Waals surface area contributed by atoms with Crippen LogP contribution in [0.2, 0.25) is 0 Å². The highest BCUT2D eigenvalue weighted by Gasteiger charge is 2.39. The number of carbonyl (C=O) groups is 1. The van der Waals surface area contributed by atoms with E-state index in [0.29, 0.717) is 49.0 Å². The number of aliphatic hydroxyl groups is 1. The highest BCUT2D eigenvalue weighted by molar-refractivity contribution is 5.85. The van der Waals surface area contributed by atoms with Crippen LogP contribution in [0.15, 0.2) is 18.2 Å². The minimum atomic E-state index is -0.601. The first kappa shape index (κ1) is 28.9. The maximum Gasteiger partial charge on any atom is 0.219 e. The van der Waals surface area contributed by atoms with Crippen LogP contribution in [0.5, 0.6) is 11.5 Å². The summed E-state index contributed by atoms with van der Waals surface area (Å²) in [7, 11) is 1.65. The predicted octanol–water partition coefficient (Wildman–Crippen LogP) is 1.61. The molecular weight excluding hydrogens is 479 g/mol. The van der Waals surface area contributed by atoms with Gasteiger partial charge in [-0.25, -0.2) is 0 Å². The normalized spacial score (nSPS) is 25.8. The van der Waals surface area contributed by atoms with Gasteiger partial charge in [0.05, 0.1) is 7.11 Å². The van der Waals surface area contributed by atoms with Crippen molar-refractivity contribution in [3.8, 4) is 11.5 Å². The fraction of sp³-hybridized carbons (Fsp3) is 0.708. The topological polar surface area (TPSA) is 91.5 Å². The number of fused-ring (bicyclic) bond motifs is 2. The van der Waals surface area contributed by atoms with Crippen molar-refractivity contribution in [1.29, 1.82) is 0 Å². The summed E-state index contributed by atoms with van der Waals surface area (Å²) in [6.45, 7) is 8.35. The summed E-state index contributed by atoms with van der Waals surface area (Å²) in [6.07, 6.45) is 1.91. The molecule has 1 amide bonds. The van der Waals surface area contributed by atoms with Crippen LogP contribution in [0.4, 0.5) is 0 Å². The molecule has 1 saturated carbocycles. The van der Waals surface area contributed by atoms with Crippen molar-refractivity contribution in [1.82, 2.24) is 14.7 Å². The number of halogens is 2. The van der Waals surface area contributed by atoms with Crippen molar-refractivity contribution in [2.75, 3.05) is 59.5 Å².